The van der Waals surface area contributed by atoms with Crippen LogP contribution in [0.4, 0.5) is 5.82 Å². The van der Waals surface area contributed by atoms with Crippen LogP contribution in [0.1, 0.15) is 11.9 Å². The minimum absolute atomic E-state index is 0.0662. The number of imidazole rings is 1. The number of nitrogen functional groups attached to an aromatic ring is 1. The average Bonchev–Trinajstić information content (AvgIpc) is 2.93. The highest BCUT2D eigenvalue weighted by molar-refractivity contribution is 7.76. The number of nitrogens with one attached hydrogen (secondary N) is 1. The predicted octanol–water partition coefficient (Wildman–Crippen LogP) is -3.72. The molecule has 1 amide bonds. The number of anilines is 1. The number of ether oxygens (including phenoxy) is 1. The van der Waals surface area contributed by atoms with Gasteiger partial charge in [-0.1, -0.05) is 0 Å². The minimum Gasteiger partial charge on any atom is -0.387 e. The zero-order valence-electron chi connectivity index (χ0n) is 10.8. The van der Waals surface area contributed by atoms with Gasteiger partial charge in [0.05, 0.1) is 6.20 Å². The standard InChI is InChI=1S/C9H13N4O8P/c10-2-1-12-6(13-2)4-3(14)5(15)9(21-4,7(11)16)8(17)22(18,19)20/h1,3-5,14-15,18-20H,10H2,(H2-,11,12,13,16)/p+1/t3-,4?,5-,9+/m0/s1. The Balaban J connectivity index is 2.49. The normalized spacial score (nSPS) is 32.1. The van der Waals surface area contributed by atoms with Crippen molar-refractivity contribution in [3.8, 4) is 0 Å². The number of nitrogens with two attached hydrogens (primary N) is 2. The smallest absolute Gasteiger partial charge is 0.387 e. The number of amides is 1. The fourth-order valence-corrected chi connectivity index (χ4v) is 2.91. The van der Waals surface area contributed by atoms with Crippen LogP contribution in [0.5, 0.6) is 0 Å². The van der Waals surface area contributed by atoms with Crippen LogP contribution >= 0.6 is 7.94 Å². The summed E-state index contributed by atoms with van der Waals surface area (Å²) in [5.74, 6) is -1.69. The van der Waals surface area contributed by atoms with Gasteiger partial charge in [-0.2, -0.15) is 14.7 Å². The summed E-state index contributed by atoms with van der Waals surface area (Å²) in [6.45, 7) is 0. The van der Waals surface area contributed by atoms with Crippen LogP contribution in [0.15, 0.2) is 6.20 Å². The van der Waals surface area contributed by atoms with E-state index in [1.165, 1.54) is 0 Å². The third kappa shape index (κ3) is 2.36. The number of aliphatic hydroxyl groups is 2. The summed E-state index contributed by atoms with van der Waals surface area (Å²) in [6.07, 6.45) is -4.55. The van der Waals surface area contributed by atoms with E-state index in [0.717, 1.165) is 6.20 Å². The van der Waals surface area contributed by atoms with E-state index in [4.69, 9.17) is 30.9 Å². The van der Waals surface area contributed by atoms with E-state index < -0.39 is 43.3 Å². The van der Waals surface area contributed by atoms with E-state index in [1.54, 1.807) is 0 Å². The average molecular weight is 337 g/mol. The summed E-state index contributed by atoms with van der Waals surface area (Å²) >= 11 is 0. The number of aromatic amines is 1. The maximum atomic E-state index is 11.9. The molecule has 2 rings (SSSR count). The Morgan fingerprint density at radius 2 is 1.95 bits per heavy atom. The van der Waals surface area contributed by atoms with Gasteiger partial charge in [-0.3, -0.25) is 4.79 Å². The van der Waals surface area contributed by atoms with Crippen LogP contribution in [-0.4, -0.2) is 64.1 Å². The first-order valence-electron chi connectivity index (χ1n) is 5.78. The highest BCUT2D eigenvalue weighted by Crippen LogP contribution is 2.54. The number of primary amides is 1. The van der Waals surface area contributed by atoms with Gasteiger partial charge in [0.1, 0.15) is 30.0 Å². The SMILES string of the molecule is NC(=O)[C@]1(C(=O)[P+](O)(O)O)OC(c2ncc(N)[nH]2)[C@H](O)[C@@H]1O. The van der Waals surface area contributed by atoms with Crippen molar-refractivity contribution in [1.82, 2.24) is 9.97 Å². The molecular formula is C9H14N4O8P+. The Bertz CT molecular complexity index is 615. The Morgan fingerprint density at radius 1 is 1.36 bits per heavy atom. The zero-order chi connectivity index (χ0) is 16.9. The molecule has 1 aliphatic rings. The molecule has 1 saturated heterocycles. The molecule has 0 aliphatic carbocycles. The van der Waals surface area contributed by atoms with Gasteiger partial charge < -0.3 is 31.4 Å². The van der Waals surface area contributed by atoms with Crippen molar-refractivity contribution in [3.05, 3.63) is 12.0 Å². The maximum Gasteiger partial charge on any atom is 0.482 e. The second-order valence-electron chi connectivity index (χ2n) is 4.67. The predicted molar refractivity (Wildman–Crippen MR) is 69.3 cm³/mol. The summed E-state index contributed by atoms with van der Waals surface area (Å²) < 4.78 is 5.00. The number of H-pyrrole nitrogens is 1. The van der Waals surface area contributed by atoms with Crippen LogP contribution in [0, 0.1) is 0 Å². The molecule has 12 nitrogen and oxygen atoms in total. The van der Waals surface area contributed by atoms with Crippen molar-refractivity contribution in [2.75, 3.05) is 5.73 Å². The highest BCUT2D eigenvalue weighted by Gasteiger charge is 2.72. The summed E-state index contributed by atoms with van der Waals surface area (Å²) in [6, 6.07) is 0. The Hall–Kier alpha value is -1.66. The van der Waals surface area contributed by atoms with Crippen LogP contribution in [0.2, 0.25) is 0 Å². The van der Waals surface area contributed by atoms with Crippen molar-refractivity contribution in [2.45, 2.75) is 23.9 Å². The van der Waals surface area contributed by atoms with Gasteiger partial charge in [-0.05, 0) is 0 Å². The van der Waals surface area contributed by atoms with Gasteiger partial charge in [0.2, 0.25) is 0 Å². The zero-order valence-corrected chi connectivity index (χ0v) is 11.7. The first-order chi connectivity index (χ1) is 10.0. The lowest BCUT2D eigenvalue weighted by Crippen LogP contribution is -2.59. The van der Waals surface area contributed by atoms with E-state index in [2.05, 4.69) is 9.97 Å². The number of carbonyl (C=O) groups is 2. The molecule has 4 atom stereocenters. The van der Waals surface area contributed by atoms with Gasteiger partial charge in [0.15, 0.2) is 0 Å². The third-order valence-corrected chi connectivity index (χ3v) is 4.08. The lowest BCUT2D eigenvalue weighted by molar-refractivity contribution is -0.160. The number of hydrogen-bond donors (Lipinski definition) is 8. The summed E-state index contributed by atoms with van der Waals surface area (Å²) in [4.78, 5) is 56.9. The summed E-state index contributed by atoms with van der Waals surface area (Å²) in [5, 5.41) is 19.9. The van der Waals surface area contributed by atoms with Crippen molar-refractivity contribution in [3.63, 3.8) is 0 Å². The summed E-state index contributed by atoms with van der Waals surface area (Å²) in [7, 11) is -5.24. The van der Waals surface area contributed by atoms with Crippen molar-refractivity contribution in [1.29, 1.82) is 0 Å². The molecule has 1 aliphatic heterocycles. The van der Waals surface area contributed by atoms with Gasteiger partial charge in [-0.15, -0.1) is 0 Å². The number of carbonyl (C=O) groups excluding carboxylic acids is 2. The number of aromatic nitrogens is 2. The van der Waals surface area contributed by atoms with Crippen LogP contribution < -0.4 is 11.5 Å². The maximum absolute atomic E-state index is 11.9. The van der Waals surface area contributed by atoms with Gasteiger partial charge >= 0.3 is 13.5 Å². The quantitative estimate of drug-likeness (QED) is 0.198. The molecule has 1 aromatic rings. The topological polar surface area (TPSA) is 225 Å². The Morgan fingerprint density at radius 3 is 2.36 bits per heavy atom. The van der Waals surface area contributed by atoms with Crippen LogP contribution in [-0.2, 0) is 14.3 Å². The minimum atomic E-state index is -5.24. The summed E-state index contributed by atoms with van der Waals surface area (Å²) in [5.41, 5.74) is 5.41. The molecule has 1 aromatic heterocycles. The number of aliphatic hydroxyl groups excluding tert-OH is 2. The molecule has 22 heavy (non-hydrogen) atoms. The van der Waals surface area contributed by atoms with Crippen LogP contribution in [0.25, 0.3) is 0 Å². The highest BCUT2D eigenvalue weighted by atomic mass is 31.2. The molecule has 13 heteroatoms. The van der Waals surface area contributed by atoms with Crippen molar-refractivity contribution in [2.24, 2.45) is 5.73 Å². The van der Waals surface area contributed by atoms with Gasteiger partial charge in [-0.25, -0.2) is 9.78 Å². The second kappa shape index (κ2) is 5.21. The lowest BCUT2D eigenvalue weighted by Gasteiger charge is -2.24. The second-order valence-corrected chi connectivity index (χ2v) is 6.21. The molecule has 0 aromatic carbocycles. The molecule has 122 valence electrons. The van der Waals surface area contributed by atoms with E-state index in [1.807, 2.05) is 0 Å². The molecule has 1 unspecified atom stereocenters. The fraction of sp³-hybridized carbons (Fsp3) is 0.444. The monoisotopic (exact) mass is 337 g/mol. The van der Waals surface area contributed by atoms with Crippen molar-refractivity contribution >= 4 is 25.2 Å². The molecule has 2 heterocycles. The first-order valence-corrected chi connectivity index (χ1v) is 7.43. The van der Waals surface area contributed by atoms with Crippen LogP contribution in [0.3, 0.4) is 0 Å². The van der Waals surface area contributed by atoms with Gasteiger partial charge in [0.25, 0.3) is 11.5 Å². The number of nitrogens with zero attached hydrogens (tertiary/aromatic N) is 1. The van der Waals surface area contributed by atoms with E-state index in [-0.39, 0.29) is 11.6 Å². The molecule has 0 bridgehead atoms. The molecule has 0 saturated carbocycles. The molecule has 0 radical (unpaired) electrons. The Labute approximate surface area is 122 Å². The number of rotatable bonds is 4. The third-order valence-electron chi connectivity index (χ3n) is 3.20. The fourth-order valence-electron chi connectivity index (χ4n) is 2.17. The first kappa shape index (κ1) is 16.7. The molecule has 1 fully saturated rings. The number of hydrogen-bond acceptors (Lipinski definition) is 10. The molecular weight excluding hydrogens is 323 g/mol. The molecule has 0 spiro atoms. The lowest BCUT2D eigenvalue weighted by atomic mass is 9.95. The van der Waals surface area contributed by atoms with Gasteiger partial charge in [0, 0.05) is 0 Å². The van der Waals surface area contributed by atoms with E-state index >= 15 is 0 Å². The van der Waals surface area contributed by atoms with E-state index in [9.17, 15) is 19.8 Å². The largest absolute Gasteiger partial charge is 0.482 e. The Kier molecular flexibility index (Phi) is 3.96. The van der Waals surface area contributed by atoms with Crippen molar-refractivity contribution < 1.29 is 39.2 Å². The van der Waals surface area contributed by atoms with E-state index in [0.29, 0.717) is 0 Å². The molecule has 10 N–H and O–H groups in total.